The number of carbonyl (C=O) groups excluding carboxylic acids is 1. The molecule has 0 spiro atoms. The van der Waals surface area contributed by atoms with Crippen molar-refractivity contribution in [3.63, 3.8) is 0 Å². The minimum atomic E-state index is -2.42. The normalized spacial score (nSPS) is 31.0. The fourth-order valence-electron chi connectivity index (χ4n) is 6.96. The first-order chi connectivity index (χ1) is 17.8. The molecule has 3 fully saturated rings. The molecule has 8 heteroatoms. The zero-order chi connectivity index (χ0) is 26.2. The van der Waals surface area contributed by atoms with E-state index in [9.17, 15) is 9.18 Å². The maximum atomic E-state index is 15.5. The van der Waals surface area contributed by atoms with E-state index < -0.39 is 17.7 Å². The number of piperidine rings is 1. The maximum absolute atomic E-state index is 15.5. The van der Waals surface area contributed by atoms with Crippen molar-refractivity contribution < 1.29 is 13.6 Å². The highest BCUT2D eigenvalue weighted by molar-refractivity contribution is 5.86. The van der Waals surface area contributed by atoms with E-state index in [0.717, 1.165) is 36.6 Å². The van der Waals surface area contributed by atoms with Crippen molar-refractivity contribution in [2.24, 2.45) is 0 Å². The topological polar surface area (TPSA) is 63.1 Å². The van der Waals surface area contributed by atoms with Gasteiger partial charge < -0.3 is 9.88 Å². The van der Waals surface area contributed by atoms with Gasteiger partial charge in [-0.2, -0.15) is 0 Å². The molecule has 0 radical (unpaired) electrons. The van der Waals surface area contributed by atoms with Gasteiger partial charge in [-0.15, -0.1) is 10.2 Å². The molecular weight excluding hydrogens is 472 g/mol. The van der Waals surface area contributed by atoms with Crippen LogP contribution in [0.25, 0.3) is 0 Å². The number of nitrogens with one attached hydrogen (secondary N) is 1. The van der Waals surface area contributed by atoms with Crippen LogP contribution in [-0.4, -0.2) is 56.0 Å². The maximum Gasteiger partial charge on any atom is 0.261 e. The summed E-state index contributed by atoms with van der Waals surface area (Å²) in [7, 11) is 0. The summed E-state index contributed by atoms with van der Waals surface area (Å²) in [6.07, 6.45) is 4.65. The van der Waals surface area contributed by atoms with E-state index >= 15 is 4.39 Å². The number of aryl methyl sites for hydroxylation is 1. The van der Waals surface area contributed by atoms with Gasteiger partial charge in [0.1, 0.15) is 17.8 Å². The first-order valence-corrected chi connectivity index (χ1v) is 14.1. The molecule has 202 valence electrons. The highest BCUT2D eigenvalue weighted by Crippen LogP contribution is 2.42. The molecular formula is C29H41F2N5O. The van der Waals surface area contributed by atoms with Crippen LogP contribution in [0, 0.1) is 6.92 Å². The molecule has 5 rings (SSSR count). The van der Waals surface area contributed by atoms with Gasteiger partial charge in [-0.1, -0.05) is 50.6 Å². The first-order valence-electron chi connectivity index (χ1n) is 14.1. The molecule has 2 aliphatic heterocycles. The fraction of sp³-hybridized carbons (Fsp3) is 0.690. The average molecular weight is 514 g/mol. The summed E-state index contributed by atoms with van der Waals surface area (Å²) < 4.78 is 32.3. The zero-order valence-corrected chi connectivity index (χ0v) is 22.4. The van der Waals surface area contributed by atoms with Gasteiger partial charge in [-0.3, -0.25) is 9.69 Å². The minimum Gasteiger partial charge on any atom is -0.346 e. The summed E-state index contributed by atoms with van der Waals surface area (Å²) in [4.78, 5) is 15.6. The third kappa shape index (κ3) is 5.18. The Morgan fingerprint density at radius 1 is 1.08 bits per heavy atom. The van der Waals surface area contributed by atoms with Crippen molar-refractivity contribution in [1.29, 1.82) is 0 Å². The number of amides is 1. The molecule has 4 unspecified atom stereocenters. The zero-order valence-electron chi connectivity index (χ0n) is 22.4. The highest BCUT2D eigenvalue weighted by atomic mass is 19.2. The van der Waals surface area contributed by atoms with Crippen LogP contribution < -0.4 is 5.32 Å². The second kappa shape index (κ2) is 10.8. The number of hydrogen-bond donors (Lipinski definition) is 1. The quantitative estimate of drug-likeness (QED) is 0.489. The molecule has 2 aromatic rings. The number of fused-ring (bicyclic) bond motifs is 2. The second-order valence-electron chi connectivity index (χ2n) is 11.7. The molecule has 37 heavy (non-hydrogen) atoms. The van der Waals surface area contributed by atoms with Crippen molar-refractivity contribution in [1.82, 2.24) is 25.0 Å². The fourth-order valence-corrected chi connectivity index (χ4v) is 6.96. The van der Waals surface area contributed by atoms with E-state index in [0.29, 0.717) is 43.3 Å². The smallest absolute Gasteiger partial charge is 0.261 e. The van der Waals surface area contributed by atoms with Gasteiger partial charge >= 0.3 is 0 Å². The van der Waals surface area contributed by atoms with E-state index in [-0.39, 0.29) is 18.9 Å². The molecule has 1 aromatic heterocycles. The molecule has 2 bridgehead atoms. The van der Waals surface area contributed by atoms with E-state index in [2.05, 4.69) is 38.8 Å². The Balaban J connectivity index is 1.28. The lowest BCUT2D eigenvalue weighted by Crippen LogP contribution is -2.52. The average Bonchev–Trinajstić information content (AvgIpc) is 3.39. The van der Waals surface area contributed by atoms with Crippen molar-refractivity contribution in [3.05, 3.63) is 47.5 Å². The number of alkyl halides is 2. The van der Waals surface area contributed by atoms with Gasteiger partial charge in [0.15, 0.2) is 0 Å². The Hall–Kier alpha value is -2.35. The molecule has 3 aliphatic rings. The van der Waals surface area contributed by atoms with Crippen LogP contribution in [0.5, 0.6) is 0 Å². The molecule has 1 aliphatic carbocycles. The van der Waals surface area contributed by atoms with Gasteiger partial charge in [0.25, 0.3) is 5.91 Å². The number of halogens is 2. The Bertz CT molecular complexity index is 1060. The lowest BCUT2D eigenvalue weighted by atomic mass is 9.83. The predicted molar refractivity (Wildman–Crippen MR) is 140 cm³/mol. The number of aromatic nitrogens is 3. The van der Waals surface area contributed by atoms with Crippen LogP contribution in [-0.2, 0) is 4.79 Å². The molecule has 1 aromatic carbocycles. The summed E-state index contributed by atoms with van der Waals surface area (Å²) in [6, 6.07) is 10.7. The first kappa shape index (κ1) is 26.3. The molecule has 3 heterocycles. The van der Waals surface area contributed by atoms with Crippen LogP contribution in [0.1, 0.15) is 107 Å². The minimum absolute atomic E-state index is 0.0416. The van der Waals surface area contributed by atoms with Crippen LogP contribution in [0.2, 0.25) is 0 Å². The van der Waals surface area contributed by atoms with Gasteiger partial charge in [0.2, 0.25) is 5.67 Å². The molecule has 6 nitrogen and oxygen atoms in total. The second-order valence-corrected chi connectivity index (χ2v) is 11.7. The van der Waals surface area contributed by atoms with Crippen LogP contribution in [0.15, 0.2) is 30.3 Å². The van der Waals surface area contributed by atoms with E-state index in [4.69, 9.17) is 0 Å². The van der Waals surface area contributed by atoms with Crippen LogP contribution in [0.4, 0.5) is 8.78 Å². The third-order valence-corrected chi connectivity index (χ3v) is 8.94. The number of carbonyl (C=O) groups is 1. The molecule has 6 atom stereocenters. The molecule has 2 saturated heterocycles. The van der Waals surface area contributed by atoms with Crippen molar-refractivity contribution >= 4 is 5.91 Å². The summed E-state index contributed by atoms with van der Waals surface area (Å²) in [5.41, 5.74) is -1.48. The third-order valence-electron chi connectivity index (χ3n) is 8.94. The van der Waals surface area contributed by atoms with E-state index in [1.54, 1.807) is 0 Å². The lowest BCUT2D eigenvalue weighted by molar-refractivity contribution is -0.141. The number of nitrogens with zero attached hydrogens (tertiary/aromatic N) is 4. The van der Waals surface area contributed by atoms with Gasteiger partial charge in [-0.25, -0.2) is 8.78 Å². The Kier molecular flexibility index (Phi) is 7.66. The predicted octanol–water partition coefficient (Wildman–Crippen LogP) is 5.75. The van der Waals surface area contributed by atoms with Crippen LogP contribution >= 0.6 is 0 Å². The molecule has 1 amide bonds. The Morgan fingerprint density at radius 3 is 2.43 bits per heavy atom. The van der Waals surface area contributed by atoms with Gasteiger partial charge in [0, 0.05) is 30.6 Å². The summed E-state index contributed by atoms with van der Waals surface area (Å²) in [6.45, 7) is 7.20. The summed E-state index contributed by atoms with van der Waals surface area (Å²) >= 11 is 0. The van der Waals surface area contributed by atoms with Gasteiger partial charge in [0.05, 0.1) is 6.04 Å². The van der Waals surface area contributed by atoms with Crippen molar-refractivity contribution in [2.75, 3.05) is 6.54 Å². The summed E-state index contributed by atoms with van der Waals surface area (Å²) in [5.74, 6) is 1.59. The van der Waals surface area contributed by atoms with E-state index in [1.807, 2.05) is 37.3 Å². The monoisotopic (exact) mass is 513 g/mol. The molecule has 1 saturated carbocycles. The Labute approximate surface area is 219 Å². The lowest BCUT2D eigenvalue weighted by Gasteiger charge is -2.41. The number of hydrogen-bond acceptors (Lipinski definition) is 4. The number of rotatable bonds is 8. The largest absolute Gasteiger partial charge is 0.346 e. The van der Waals surface area contributed by atoms with Crippen molar-refractivity contribution in [3.8, 4) is 0 Å². The number of benzene rings is 1. The van der Waals surface area contributed by atoms with Crippen molar-refractivity contribution in [2.45, 2.75) is 120 Å². The highest BCUT2D eigenvalue weighted by Gasteiger charge is 2.49. The molecule has 1 N–H and O–H groups in total. The standard InChI is InChI=1S/C29H41F2N5O/c1-19(2)27-34-33-20(3)36(27)24-17-22-12-13-23(18-24)35(22)16-14-25(21-9-5-4-6-10-21)32-28(37)29(31)15-8-7-11-26(29)30/h4-6,9-10,19,22-26H,7-8,11-18H2,1-3H3,(H,32,37)/t22-,23+,24?,25?,26?,29?. The SMILES string of the molecule is Cc1nnc(C(C)C)n1C1C[C@H]2CC[C@@H](C1)N2CCC(NC(=O)C1(F)CCCCC1F)c1ccccc1. The summed E-state index contributed by atoms with van der Waals surface area (Å²) in [5, 5.41) is 11.7. The van der Waals surface area contributed by atoms with E-state index in [1.165, 1.54) is 12.8 Å². The van der Waals surface area contributed by atoms with Crippen LogP contribution in [0.3, 0.4) is 0 Å². The Morgan fingerprint density at radius 2 is 1.78 bits per heavy atom. The van der Waals surface area contributed by atoms with Gasteiger partial charge in [-0.05, 0) is 63.9 Å².